The molecule has 1 aliphatic carbocycles. The normalized spacial score (nSPS) is 14.5. The number of ether oxygens (including phenoxy) is 2. The van der Waals surface area contributed by atoms with Crippen molar-refractivity contribution in [3.63, 3.8) is 0 Å². The number of nitrogens with one attached hydrogen (secondary N) is 2. The lowest BCUT2D eigenvalue weighted by atomic mass is 10.0. The van der Waals surface area contributed by atoms with Gasteiger partial charge in [-0.05, 0) is 43.9 Å². The number of carbonyl (C=O) groups excluding carboxylic acids is 1. The molecule has 6 heteroatoms. The fourth-order valence-corrected chi connectivity index (χ4v) is 3.44. The second-order valence-electron chi connectivity index (χ2n) is 6.54. The van der Waals surface area contributed by atoms with Gasteiger partial charge in [-0.1, -0.05) is 12.8 Å². The summed E-state index contributed by atoms with van der Waals surface area (Å²) in [7, 11) is 3.20. The Morgan fingerprint density at radius 2 is 1.96 bits per heavy atom. The first kappa shape index (κ1) is 17.3. The minimum absolute atomic E-state index is 0.0538. The number of hydrogen-bond acceptors (Lipinski definition) is 4. The van der Waals surface area contributed by atoms with E-state index in [0.29, 0.717) is 29.5 Å². The van der Waals surface area contributed by atoms with E-state index in [-0.39, 0.29) is 5.91 Å². The van der Waals surface area contributed by atoms with Crippen molar-refractivity contribution in [1.82, 2.24) is 10.2 Å². The molecule has 2 N–H and O–H groups in total. The van der Waals surface area contributed by atoms with E-state index in [1.807, 2.05) is 25.1 Å². The first-order valence-corrected chi connectivity index (χ1v) is 8.69. The summed E-state index contributed by atoms with van der Waals surface area (Å²) in [5.74, 6) is 1.85. The minimum Gasteiger partial charge on any atom is -0.493 e. The number of aromatic amines is 1. The lowest BCUT2D eigenvalue weighted by Crippen LogP contribution is -2.15. The lowest BCUT2D eigenvalue weighted by Gasteiger charge is -2.12. The molecule has 1 aromatic carbocycles. The van der Waals surface area contributed by atoms with Crippen LogP contribution in [0.1, 0.15) is 37.8 Å². The molecule has 134 valence electrons. The van der Waals surface area contributed by atoms with Crippen LogP contribution in [-0.2, 0) is 4.79 Å². The number of carbonyl (C=O) groups is 1. The van der Waals surface area contributed by atoms with Crippen molar-refractivity contribution in [3.05, 3.63) is 23.9 Å². The smallest absolute Gasteiger partial charge is 0.224 e. The Morgan fingerprint density at radius 3 is 2.64 bits per heavy atom. The van der Waals surface area contributed by atoms with E-state index in [2.05, 4.69) is 15.5 Å². The Bertz CT molecular complexity index is 748. The van der Waals surface area contributed by atoms with Crippen LogP contribution in [0.4, 0.5) is 5.69 Å². The number of anilines is 1. The highest BCUT2D eigenvalue weighted by atomic mass is 16.5. The molecule has 2 aromatic rings. The molecule has 3 rings (SSSR count). The highest BCUT2D eigenvalue weighted by Crippen LogP contribution is 2.36. The van der Waals surface area contributed by atoms with Crippen LogP contribution in [-0.4, -0.2) is 30.3 Å². The fourth-order valence-electron chi connectivity index (χ4n) is 3.44. The van der Waals surface area contributed by atoms with Gasteiger partial charge in [-0.2, -0.15) is 5.10 Å². The Hall–Kier alpha value is -2.50. The Balaban J connectivity index is 1.82. The summed E-state index contributed by atoms with van der Waals surface area (Å²) in [4.78, 5) is 12.4. The second-order valence-corrected chi connectivity index (χ2v) is 6.54. The number of methoxy groups -OCH3 is 2. The molecule has 0 spiro atoms. The third-order valence-electron chi connectivity index (χ3n) is 4.82. The van der Waals surface area contributed by atoms with Crippen molar-refractivity contribution in [2.75, 3.05) is 19.5 Å². The highest BCUT2D eigenvalue weighted by molar-refractivity contribution is 5.95. The van der Waals surface area contributed by atoms with Gasteiger partial charge in [0.1, 0.15) is 5.69 Å². The van der Waals surface area contributed by atoms with Crippen molar-refractivity contribution in [2.24, 2.45) is 5.92 Å². The molecule has 0 aliphatic heterocycles. The molecule has 1 aliphatic rings. The molecule has 0 atom stereocenters. The molecule has 0 unspecified atom stereocenters. The van der Waals surface area contributed by atoms with E-state index in [4.69, 9.17) is 9.47 Å². The predicted molar refractivity (Wildman–Crippen MR) is 97.1 cm³/mol. The second kappa shape index (κ2) is 7.59. The van der Waals surface area contributed by atoms with Crippen LogP contribution >= 0.6 is 0 Å². The van der Waals surface area contributed by atoms with Crippen molar-refractivity contribution in [3.8, 4) is 22.8 Å². The highest BCUT2D eigenvalue weighted by Gasteiger charge is 2.21. The summed E-state index contributed by atoms with van der Waals surface area (Å²) in [6.45, 7) is 1.91. The molecular weight excluding hydrogens is 318 g/mol. The Labute approximate surface area is 147 Å². The number of aryl methyl sites for hydroxylation is 1. The van der Waals surface area contributed by atoms with E-state index in [0.717, 1.165) is 29.8 Å². The van der Waals surface area contributed by atoms with E-state index >= 15 is 0 Å². The van der Waals surface area contributed by atoms with E-state index < -0.39 is 0 Å². The van der Waals surface area contributed by atoms with Crippen LogP contribution in [0.25, 0.3) is 11.3 Å². The average Bonchev–Trinajstić information content (AvgIpc) is 3.25. The van der Waals surface area contributed by atoms with Crippen LogP contribution in [0.3, 0.4) is 0 Å². The van der Waals surface area contributed by atoms with Gasteiger partial charge in [-0.3, -0.25) is 9.89 Å². The monoisotopic (exact) mass is 343 g/mol. The van der Waals surface area contributed by atoms with Gasteiger partial charge < -0.3 is 14.8 Å². The standard InChI is InChI=1S/C19H25N3O3/c1-12-18(20-17(23)10-13-6-4-5-7-13)19(22-21-12)14-8-9-15(24-2)16(11-14)25-3/h8-9,11,13H,4-7,10H2,1-3H3,(H,20,23)(H,21,22). The molecule has 1 amide bonds. The molecule has 0 saturated heterocycles. The van der Waals surface area contributed by atoms with Gasteiger partial charge in [-0.25, -0.2) is 0 Å². The SMILES string of the molecule is COc1ccc(-c2n[nH]c(C)c2NC(=O)CC2CCCC2)cc1OC. The van der Waals surface area contributed by atoms with E-state index in [1.54, 1.807) is 14.2 Å². The maximum absolute atomic E-state index is 12.4. The van der Waals surface area contributed by atoms with Gasteiger partial charge in [0, 0.05) is 12.0 Å². The third kappa shape index (κ3) is 3.78. The fraction of sp³-hybridized carbons (Fsp3) is 0.474. The maximum Gasteiger partial charge on any atom is 0.224 e. The van der Waals surface area contributed by atoms with Crippen molar-refractivity contribution >= 4 is 11.6 Å². The maximum atomic E-state index is 12.4. The van der Waals surface area contributed by atoms with Crippen LogP contribution in [0.5, 0.6) is 11.5 Å². The van der Waals surface area contributed by atoms with Gasteiger partial charge in [0.25, 0.3) is 0 Å². The van der Waals surface area contributed by atoms with Crippen LogP contribution in [0.2, 0.25) is 0 Å². The summed E-state index contributed by atoms with van der Waals surface area (Å²) in [6.07, 6.45) is 5.36. The zero-order chi connectivity index (χ0) is 17.8. The van der Waals surface area contributed by atoms with Gasteiger partial charge in [0.05, 0.1) is 25.6 Å². The number of aromatic nitrogens is 2. The number of H-pyrrole nitrogens is 1. The Morgan fingerprint density at radius 1 is 1.24 bits per heavy atom. The first-order valence-electron chi connectivity index (χ1n) is 8.69. The molecule has 25 heavy (non-hydrogen) atoms. The quantitative estimate of drug-likeness (QED) is 0.833. The topological polar surface area (TPSA) is 76.2 Å². The summed E-state index contributed by atoms with van der Waals surface area (Å²) < 4.78 is 10.6. The molecule has 0 radical (unpaired) electrons. The lowest BCUT2D eigenvalue weighted by molar-refractivity contribution is -0.117. The Kier molecular flexibility index (Phi) is 5.26. The molecule has 1 saturated carbocycles. The van der Waals surface area contributed by atoms with Gasteiger partial charge in [-0.15, -0.1) is 0 Å². The van der Waals surface area contributed by atoms with Gasteiger partial charge in [0.2, 0.25) is 5.91 Å². The first-order chi connectivity index (χ1) is 12.1. The van der Waals surface area contributed by atoms with Crippen molar-refractivity contribution in [1.29, 1.82) is 0 Å². The van der Waals surface area contributed by atoms with Crippen molar-refractivity contribution < 1.29 is 14.3 Å². The van der Waals surface area contributed by atoms with Crippen LogP contribution < -0.4 is 14.8 Å². The molecule has 1 aromatic heterocycles. The van der Waals surface area contributed by atoms with Crippen LogP contribution in [0, 0.1) is 12.8 Å². The predicted octanol–water partition coefficient (Wildman–Crippen LogP) is 3.92. The number of rotatable bonds is 6. The summed E-state index contributed by atoms with van der Waals surface area (Å²) >= 11 is 0. The van der Waals surface area contributed by atoms with E-state index in [1.165, 1.54) is 12.8 Å². The largest absolute Gasteiger partial charge is 0.493 e. The average molecular weight is 343 g/mol. The summed E-state index contributed by atoms with van der Waals surface area (Å²) in [5.41, 5.74) is 3.14. The zero-order valence-electron chi connectivity index (χ0n) is 15.0. The minimum atomic E-state index is 0.0538. The number of hydrogen-bond donors (Lipinski definition) is 2. The third-order valence-corrected chi connectivity index (χ3v) is 4.82. The number of amides is 1. The van der Waals surface area contributed by atoms with Gasteiger partial charge in [0.15, 0.2) is 11.5 Å². The summed E-state index contributed by atoms with van der Waals surface area (Å²) in [5, 5.41) is 10.4. The van der Waals surface area contributed by atoms with Crippen LogP contribution in [0.15, 0.2) is 18.2 Å². The summed E-state index contributed by atoms with van der Waals surface area (Å²) in [6, 6.07) is 5.60. The molecule has 1 fully saturated rings. The zero-order valence-corrected chi connectivity index (χ0v) is 15.0. The molecule has 0 bridgehead atoms. The van der Waals surface area contributed by atoms with Crippen molar-refractivity contribution in [2.45, 2.75) is 39.0 Å². The number of nitrogens with zero attached hydrogens (tertiary/aromatic N) is 1. The van der Waals surface area contributed by atoms with Gasteiger partial charge >= 0.3 is 0 Å². The molecule has 1 heterocycles. The molecular formula is C19H25N3O3. The van der Waals surface area contributed by atoms with E-state index in [9.17, 15) is 4.79 Å². The molecule has 6 nitrogen and oxygen atoms in total. The number of benzene rings is 1.